The lowest BCUT2D eigenvalue weighted by Gasteiger charge is -2.09. The van der Waals surface area contributed by atoms with Crippen molar-refractivity contribution in [3.8, 4) is 0 Å². The normalized spacial score (nSPS) is 11.6. The van der Waals surface area contributed by atoms with Crippen LogP contribution in [-0.4, -0.2) is 34.7 Å². The van der Waals surface area contributed by atoms with Crippen LogP contribution in [0.1, 0.15) is 5.56 Å². The molecule has 3 N–H and O–H groups in total. The molecule has 0 unspecified atom stereocenters. The molecule has 0 aliphatic rings. The monoisotopic (exact) mass is 258 g/mol. The summed E-state index contributed by atoms with van der Waals surface area (Å²) in [6, 6.07) is 6.85. The van der Waals surface area contributed by atoms with E-state index < -0.39 is 10.0 Å². The number of nitrogens with one attached hydrogen (secondary N) is 1. The second kappa shape index (κ2) is 6.70. The van der Waals surface area contributed by atoms with Crippen molar-refractivity contribution in [2.75, 3.05) is 26.3 Å². The number of benzene rings is 1. The molecule has 5 nitrogen and oxygen atoms in total. The van der Waals surface area contributed by atoms with Crippen LogP contribution >= 0.6 is 0 Å². The van der Waals surface area contributed by atoms with Gasteiger partial charge in [0.25, 0.3) is 0 Å². The molecule has 96 valence electrons. The summed E-state index contributed by atoms with van der Waals surface area (Å²) in [7, 11) is -3.44. The van der Waals surface area contributed by atoms with Crippen LogP contribution in [0, 0.1) is 6.92 Å². The molecule has 0 aliphatic heterocycles. The highest BCUT2D eigenvalue weighted by Crippen LogP contribution is 2.13. The highest BCUT2D eigenvalue weighted by molar-refractivity contribution is 7.89. The van der Waals surface area contributed by atoms with Crippen molar-refractivity contribution in [2.45, 2.75) is 11.8 Å². The zero-order chi connectivity index (χ0) is 12.7. The van der Waals surface area contributed by atoms with Crippen molar-refractivity contribution in [3.63, 3.8) is 0 Å². The Kier molecular flexibility index (Phi) is 5.57. The fraction of sp³-hybridized carbons (Fsp3) is 0.455. The molecule has 0 heterocycles. The van der Waals surface area contributed by atoms with Crippen molar-refractivity contribution in [1.82, 2.24) is 4.72 Å². The minimum atomic E-state index is -3.44. The van der Waals surface area contributed by atoms with Crippen LogP contribution in [-0.2, 0) is 14.8 Å². The van der Waals surface area contributed by atoms with Crippen LogP contribution in [0.2, 0.25) is 0 Å². The summed E-state index contributed by atoms with van der Waals surface area (Å²) in [4.78, 5) is 0.304. The fourth-order valence-electron chi connectivity index (χ4n) is 1.37. The van der Waals surface area contributed by atoms with Crippen molar-refractivity contribution >= 4 is 10.0 Å². The standard InChI is InChI=1S/C11H18N2O3S/c1-10-4-2-3-5-11(10)17(14,15)13-7-9-16-8-6-12/h2-5,13H,6-9,12H2,1H3. The Hall–Kier alpha value is -0.950. The summed E-state index contributed by atoms with van der Waals surface area (Å²) in [6.07, 6.45) is 0. The molecule has 0 saturated carbocycles. The van der Waals surface area contributed by atoms with Crippen LogP contribution in [0.5, 0.6) is 0 Å². The third-order valence-corrected chi connectivity index (χ3v) is 3.81. The van der Waals surface area contributed by atoms with Gasteiger partial charge in [-0.15, -0.1) is 0 Å². The molecular weight excluding hydrogens is 240 g/mol. The summed E-state index contributed by atoms with van der Waals surface area (Å²) in [6.45, 7) is 3.20. The quantitative estimate of drug-likeness (QED) is 0.687. The molecule has 1 aromatic rings. The van der Waals surface area contributed by atoms with E-state index in [0.29, 0.717) is 24.7 Å². The van der Waals surface area contributed by atoms with Crippen molar-refractivity contribution in [2.24, 2.45) is 5.73 Å². The Labute approximate surface area is 102 Å². The average Bonchev–Trinajstić information content (AvgIpc) is 2.29. The van der Waals surface area contributed by atoms with Gasteiger partial charge in [0.2, 0.25) is 10.0 Å². The molecular formula is C11H18N2O3S. The lowest BCUT2D eigenvalue weighted by molar-refractivity contribution is 0.147. The lowest BCUT2D eigenvalue weighted by atomic mass is 10.2. The first kappa shape index (κ1) is 14.1. The Morgan fingerprint density at radius 3 is 2.65 bits per heavy atom. The van der Waals surface area contributed by atoms with Crippen LogP contribution in [0.4, 0.5) is 0 Å². The molecule has 0 aromatic heterocycles. The van der Waals surface area contributed by atoms with Gasteiger partial charge in [0.15, 0.2) is 0 Å². The topological polar surface area (TPSA) is 81.4 Å². The third-order valence-electron chi connectivity index (χ3n) is 2.18. The van der Waals surface area contributed by atoms with Crippen molar-refractivity contribution in [3.05, 3.63) is 29.8 Å². The SMILES string of the molecule is Cc1ccccc1S(=O)(=O)NCCOCCN. The van der Waals surface area contributed by atoms with Gasteiger partial charge in [-0.05, 0) is 18.6 Å². The number of nitrogens with two attached hydrogens (primary N) is 1. The number of aryl methyl sites for hydroxylation is 1. The molecule has 0 atom stereocenters. The van der Waals surface area contributed by atoms with E-state index in [1.165, 1.54) is 0 Å². The Morgan fingerprint density at radius 1 is 1.29 bits per heavy atom. The van der Waals surface area contributed by atoms with Crippen LogP contribution in [0.25, 0.3) is 0 Å². The summed E-state index contributed by atoms with van der Waals surface area (Å²) >= 11 is 0. The van der Waals surface area contributed by atoms with Gasteiger partial charge in [0, 0.05) is 13.1 Å². The average molecular weight is 258 g/mol. The molecule has 0 aliphatic carbocycles. The van der Waals surface area contributed by atoms with Gasteiger partial charge < -0.3 is 10.5 Å². The molecule has 0 saturated heterocycles. The predicted octanol–water partition coefficient (Wildman–Crippen LogP) is 0.249. The van der Waals surface area contributed by atoms with E-state index in [0.717, 1.165) is 5.56 Å². The second-order valence-corrected chi connectivity index (χ2v) is 5.30. The fourth-order valence-corrected chi connectivity index (χ4v) is 2.63. The highest BCUT2D eigenvalue weighted by Gasteiger charge is 2.14. The smallest absolute Gasteiger partial charge is 0.240 e. The van der Waals surface area contributed by atoms with Crippen LogP contribution in [0.3, 0.4) is 0 Å². The predicted molar refractivity (Wildman–Crippen MR) is 66.2 cm³/mol. The van der Waals surface area contributed by atoms with E-state index in [1.54, 1.807) is 31.2 Å². The van der Waals surface area contributed by atoms with Gasteiger partial charge in [0.05, 0.1) is 18.1 Å². The third kappa shape index (κ3) is 4.43. The van der Waals surface area contributed by atoms with Crippen LogP contribution in [0.15, 0.2) is 29.2 Å². The summed E-state index contributed by atoms with van der Waals surface area (Å²) in [5, 5.41) is 0. The molecule has 0 radical (unpaired) electrons. The molecule has 0 spiro atoms. The van der Waals surface area contributed by atoms with E-state index in [4.69, 9.17) is 10.5 Å². The van der Waals surface area contributed by atoms with E-state index in [-0.39, 0.29) is 6.54 Å². The lowest BCUT2D eigenvalue weighted by Crippen LogP contribution is -2.28. The van der Waals surface area contributed by atoms with Crippen molar-refractivity contribution in [1.29, 1.82) is 0 Å². The summed E-state index contributed by atoms with van der Waals surface area (Å²) < 4.78 is 31.4. The van der Waals surface area contributed by atoms with Gasteiger partial charge in [0.1, 0.15) is 0 Å². The van der Waals surface area contributed by atoms with Crippen molar-refractivity contribution < 1.29 is 13.2 Å². The maximum Gasteiger partial charge on any atom is 0.240 e. The molecule has 1 aromatic carbocycles. The van der Waals surface area contributed by atoms with E-state index >= 15 is 0 Å². The largest absolute Gasteiger partial charge is 0.379 e. The number of rotatable bonds is 7. The first-order chi connectivity index (χ1) is 8.08. The maximum atomic E-state index is 11.9. The van der Waals surface area contributed by atoms with Gasteiger partial charge in [-0.3, -0.25) is 0 Å². The zero-order valence-electron chi connectivity index (χ0n) is 9.85. The first-order valence-electron chi connectivity index (χ1n) is 5.41. The molecule has 0 bridgehead atoms. The Bertz CT molecular complexity index is 446. The zero-order valence-corrected chi connectivity index (χ0v) is 10.7. The van der Waals surface area contributed by atoms with E-state index in [2.05, 4.69) is 4.72 Å². The van der Waals surface area contributed by atoms with E-state index in [9.17, 15) is 8.42 Å². The van der Waals surface area contributed by atoms with Crippen LogP contribution < -0.4 is 10.5 Å². The minimum Gasteiger partial charge on any atom is -0.379 e. The molecule has 1 rings (SSSR count). The summed E-state index contributed by atoms with van der Waals surface area (Å²) in [5.74, 6) is 0. The van der Waals surface area contributed by atoms with Gasteiger partial charge in [-0.1, -0.05) is 18.2 Å². The van der Waals surface area contributed by atoms with Gasteiger partial charge in [-0.2, -0.15) is 0 Å². The number of hydrogen-bond acceptors (Lipinski definition) is 4. The Balaban J connectivity index is 2.55. The second-order valence-electron chi connectivity index (χ2n) is 3.56. The molecule has 0 amide bonds. The minimum absolute atomic E-state index is 0.247. The highest BCUT2D eigenvalue weighted by atomic mass is 32.2. The summed E-state index contributed by atoms with van der Waals surface area (Å²) in [5.41, 5.74) is 5.97. The molecule has 17 heavy (non-hydrogen) atoms. The number of sulfonamides is 1. The maximum absolute atomic E-state index is 11.9. The number of hydrogen-bond donors (Lipinski definition) is 2. The first-order valence-corrected chi connectivity index (χ1v) is 6.89. The molecule has 6 heteroatoms. The van der Waals surface area contributed by atoms with Gasteiger partial charge >= 0.3 is 0 Å². The number of ether oxygens (including phenoxy) is 1. The van der Waals surface area contributed by atoms with Gasteiger partial charge in [-0.25, -0.2) is 13.1 Å². The molecule has 0 fully saturated rings. The Morgan fingerprint density at radius 2 is 2.00 bits per heavy atom. The van der Waals surface area contributed by atoms with E-state index in [1.807, 2.05) is 0 Å².